The summed E-state index contributed by atoms with van der Waals surface area (Å²) >= 11 is 0. The summed E-state index contributed by atoms with van der Waals surface area (Å²) in [6.07, 6.45) is 8.96. The predicted octanol–water partition coefficient (Wildman–Crippen LogP) is 5.67. The summed E-state index contributed by atoms with van der Waals surface area (Å²) in [6, 6.07) is 24.0. The topological polar surface area (TPSA) is 42.3 Å². The highest BCUT2D eigenvalue weighted by Gasteiger charge is 2.30. The van der Waals surface area contributed by atoms with Crippen molar-refractivity contribution in [1.29, 1.82) is 0 Å². The third-order valence-corrected chi connectivity index (χ3v) is 7.54. The maximum absolute atomic E-state index is 13.4. The second-order valence-electron chi connectivity index (χ2n) is 8.21. The lowest BCUT2D eigenvalue weighted by Gasteiger charge is -2.32. The number of hydrogen-bond acceptors (Lipinski definition) is 2. The molecule has 4 rings (SSSR count). The van der Waals surface area contributed by atoms with Gasteiger partial charge in [-0.15, -0.1) is 0 Å². The zero-order chi connectivity index (χ0) is 21.5. The van der Waals surface area contributed by atoms with E-state index in [1.165, 1.54) is 17.4 Å². The first-order valence-corrected chi connectivity index (χ1v) is 12.5. The van der Waals surface area contributed by atoms with E-state index in [0.29, 0.717) is 6.54 Å². The molecule has 5 heteroatoms. The second-order valence-corrected chi connectivity index (χ2v) is 9.98. The minimum Gasteiger partial charge on any atom is -0.346 e. The summed E-state index contributed by atoms with van der Waals surface area (Å²) in [7, 11) is -3.55. The van der Waals surface area contributed by atoms with E-state index in [-0.39, 0.29) is 6.04 Å². The van der Waals surface area contributed by atoms with Gasteiger partial charge in [-0.1, -0.05) is 79.9 Å². The molecule has 3 aromatic rings. The van der Waals surface area contributed by atoms with E-state index < -0.39 is 10.0 Å². The molecule has 0 amide bonds. The molecule has 1 aliphatic carbocycles. The van der Waals surface area contributed by atoms with Crippen LogP contribution in [0.25, 0.3) is 6.08 Å². The molecule has 162 valence electrons. The zero-order valence-electron chi connectivity index (χ0n) is 17.8. The van der Waals surface area contributed by atoms with Crippen LogP contribution < -0.4 is 0 Å². The van der Waals surface area contributed by atoms with E-state index in [2.05, 4.69) is 16.7 Å². The van der Waals surface area contributed by atoms with Crippen LogP contribution >= 0.6 is 0 Å². The number of nitrogens with zero attached hydrogens (tertiary/aromatic N) is 2. The van der Waals surface area contributed by atoms with Crippen molar-refractivity contribution in [1.82, 2.24) is 8.87 Å². The van der Waals surface area contributed by atoms with Gasteiger partial charge < -0.3 is 4.57 Å². The molecule has 0 radical (unpaired) electrons. The van der Waals surface area contributed by atoms with Crippen molar-refractivity contribution in [3.63, 3.8) is 0 Å². The van der Waals surface area contributed by atoms with E-state index in [1.54, 1.807) is 10.4 Å². The van der Waals surface area contributed by atoms with Gasteiger partial charge in [-0.2, -0.15) is 4.31 Å². The summed E-state index contributed by atoms with van der Waals surface area (Å²) in [5.74, 6) is 0. The van der Waals surface area contributed by atoms with Gasteiger partial charge in [-0.3, -0.25) is 0 Å². The quantitative estimate of drug-likeness (QED) is 0.458. The van der Waals surface area contributed by atoms with Gasteiger partial charge in [-0.05, 0) is 42.2 Å². The number of aromatic nitrogens is 1. The van der Waals surface area contributed by atoms with Crippen LogP contribution in [0.5, 0.6) is 0 Å². The Morgan fingerprint density at radius 3 is 2.26 bits per heavy atom. The molecule has 0 unspecified atom stereocenters. The van der Waals surface area contributed by atoms with Gasteiger partial charge in [-0.25, -0.2) is 8.42 Å². The first kappa shape index (κ1) is 21.6. The van der Waals surface area contributed by atoms with Gasteiger partial charge in [0.1, 0.15) is 0 Å². The smallest absolute Gasteiger partial charge is 0.236 e. The number of benzene rings is 2. The Balaban J connectivity index is 1.59. The lowest BCUT2D eigenvalue weighted by Crippen LogP contribution is -2.40. The molecule has 1 aliphatic rings. The second kappa shape index (κ2) is 10.1. The fourth-order valence-electron chi connectivity index (χ4n) is 4.29. The number of hydrogen-bond donors (Lipinski definition) is 0. The zero-order valence-corrected chi connectivity index (χ0v) is 18.6. The highest BCUT2D eigenvalue weighted by Crippen LogP contribution is 2.27. The Kier molecular flexibility index (Phi) is 7.05. The van der Waals surface area contributed by atoms with Gasteiger partial charge in [0.15, 0.2) is 0 Å². The average molecular weight is 435 g/mol. The van der Waals surface area contributed by atoms with Crippen LogP contribution in [-0.2, 0) is 23.1 Å². The molecule has 0 bridgehead atoms. The Morgan fingerprint density at radius 2 is 1.55 bits per heavy atom. The molecule has 31 heavy (non-hydrogen) atoms. The maximum atomic E-state index is 13.4. The molecular formula is C26H30N2O2S. The molecule has 0 saturated heterocycles. The molecule has 0 atom stereocenters. The highest BCUT2D eigenvalue weighted by molar-refractivity contribution is 7.92. The summed E-state index contributed by atoms with van der Waals surface area (Å²) in [5.41, 5.74) is 3.12. The van der Waals surface area contributed by atoms with E-state index in [1.807, 2.05) is 66.9 Å². The van der Waals surface area contributed by atoms with Crippen molar-refractivity contribution in [2.24, 2.45) is 0 Å². The molecule has 0 aliphatic heterocycles. The molecule has 0 N–H and O–H groups in total. The minimum absolute atomic E-state index is 0.0549. The van der Waals surface area contributed by atoms with Gasteiger partial charge in [0.05, 0.1) is 6.54 Å². The lowest BCUT2D eigenvalue weighted by molar-refractivity contribution is 0.246. The molecule has 1 saturated carbocycles. The van der Waals surface area contributed by atoms with Crippen LogP contribution in [0.4, 0.5) is 0 Å². The summed E-state index contributed by atoms with van der Waals surface area (Å²) in [4.78, 5) is 0. The molecule has 0 spiro atoms. The molecule has 1 heterocycles. The monoisotopic (exact) mass is 434 g/mol. The number of sulfonamides is 1. The first-order chi connectivity index (χ1) is 15.1. The van der Waals surface area contributed by atoms with E-state index in [9.17, 15) is 8.42 Å². The Hall–Kier alpha value is -2.63. The SMILES string of the molecule is O=S(=O)(/C=C/c1ccccc1)N(Cc1cccn1Cc1ccccc1)C1CCCCC1. The van der Waals surface area contributed by atoms with Gasteiger partial charge in [0.25, 0.3) is 0 Å². The lowest BCUT2D eigenvalue weighted by atomic mass is 9.95. The largest absolute Gasteiger partial charge is 0.346 e. The van der Waals surface area contributed by atoms with Crippen molar-refractivity contribution < 1.29 is 8.42 Å². The molecule has 2 aromatic carbocycles. The summed E-state index contributed by atoms with van der Waals surface area (Å²) < 4.78 is 30.7. The van der Waals surface area contributed by atoms with Crippen molar-refractivity contribution in [2.45, 2.75) is 51.2 Å². The van der Waals surface area contributed by atoms with E-state index in [4.69, 9.17) is 0 Å². The summed E-state index contributed by atoms with van der Waals surface area (Å²) in [6.45, 7) is 1.13. The minimum atomic E-state index is -3.55. The van der Waals surface area contributed by atoms with Gasteiger partial charge >= 0.3 is 0 Å². The summed E-state index contributed by atoms with van der Waals surface area (Å²) in [5, 5.41) is 1.38. The van der Waals surface area contributed by atoms with Crippen molar-refractivity contribution in [3.8, 4) is 0 Å². The first-order valence-electron chi connectivity index (χ1n) is 11.0. The van der Waals surface area contributed by atoms with Gasteiger partial charge in [0.2, 0.25) is 10.0 Å². The Bertz CT molecular complexity index is 1080. The van der Waals surface area contributed by atoms with Crippen LogP contribution in [0.3, 0.4) is 0 Å². The Labute approximate surface area is 185 Å². The van der Waals surface area contributed by atoms with Crippen LogP contribution in [0.15, 0.2) is 84.4 Å². The maximum Gasteiger partial charge on any atom is 0.236 e. The van der Waals surface area contributed by atoms with Crippen LogP contribution in [0, 0.1) is 0 Å². The fraction of sp³-hybridized carbons (Fsp3) is 0.308. The normalized spacial score (nSPS) is 15.6. The number of rotatable bonds is 8. The van der Waals surface area contributed by atoms with Crippen LogP contribution in [0.2, 0.25) is 0 Å². The Morgan fingerprint density at radius 1 is 0.871 bits per heavy atom. The van der Waals surface area contributed by atoms with Crippen molar-refractivity contribution in [3.05, 3.63) is 101 Å². The van der Waals surface area contributed by atoms with Crippen LogP contribution in [0.1, 0.15) is 48.9 Å². The van der Waals surface area contributed by atoms with E-state index in [0.717, 1.165) is 43.5 Å². The molecular weight excluding hydrogens is 404 g/mol. The average Bonchev–Trinajstić information content (AvgIpc) is 3.24. The highest BCUT2D eigenvalue weighted by atomic mass is 32.2. The predicted molar refractivity (Wildman–Crippen MR) is 127 cm³/mol. The standard InChI is InChI=1S/C26H30N2O2S/c29-31(30,20-18-23-11-4-1-5-12-23)28(25-15-8-3-9-16-25)22-26-17-10-19-27(26)21-24-13-6-2-7-14-24/h1-2,4-7,10-14,17-20,25H,3,8-9,15-16,21-22H2/b20-18+. The third kappa shape index (κ3) is 5.75. The van der Waals surface area contributed by atoms with Crippen molar-refractivity contribution >= 4 is 16.1 Å². The fourth-order valence-corrected chi connectivity index (χ4v) is 5.71. The van der Waals surface area contributed by atoms with Crippen molar-refractivity contribution in [2.75, 3.05) is 0 Å². The molecule has 1 fully saturated rings. The molecule has 4 nitrogen and oxygen atoms in total. The molecule has 1 aromatic heterocycles. The van der Waals surface area contributed by atoms with Gasteiger partial charge in [0, 0.05) is 29.9 Å². The van der Waals surface area contributed by atoms with E-state index >= 15 is 0 Å². The third-order valence-electron chi connectivity index (χ3n) is 5.98. The van der Waals surface area contributed by atoms with Crippen LogP contribution in [-0.4, -0.2) is 23.3 Å².